The lowest BCUT2D eigenvalue weighted by molar-refractivity contribution is -0.131. The van der Waals surface area contributed by atoms with E-state index < -0.39 is 0 Å². The number of halogens is 2. The lowest BCUT2D eigenvalue weighted by atomic mass is 10.2. The summed E-state index contributed by atoms with van der Waals surface area (Å²) in [7, 11) is 0. The fourth-order valence-electron chi connectivity index (χ4n) is 3.27. The van der Waals surface area contributed by atoms with E-state index in [2.05, 4.69) is 38.1 Å². The zero-order valence-corrected chi connectivity index (χ0v) is 20.2. The largest absolute Gasteiger partial charge is 0.366 e. The lowest BCUT2D eigenvalue weighted by Gasteiger charge is -2.37. The number of hydrogen-bond donors (Lipinski definition) is 2. The van der Waals surface area contributed by atoms with E-state index in [0.29, 0.717) is 48.9 Å². The fourth-order valence-corrected chi connectivity index (χ4v) is 4.28. The molecule has 1 aliphatic rings. The van der Waals surface area contributed by atoms with Crippen molar-refractivity contribution >= 4 is 74.7 Å². The van der Waals surface area contributed by atoms with Crippen molar-refractivity contribution in [2.75, 3.05) is 36.4 Å². The summed E-state index contributed by atoms with van der Waals surface area (Å²) in [4.78, 5) is 28.5. The quantitative estimate of drug-likeness (QED) is 0.438. The van der Waals surface area contributed by atoms with E-state index in [-0.39, 0.29) is 16.9 Å². The van der Waals surface area contributed by atoms with Crippen LogP contribution in [0.2, 0.25) is 5.02 Å². The second kappa shape index (κ2) is 10.4. The van der Waals surface area contributed by atoms with Gasteiger partial charge in [-0.05, 0) is 65.1 Å². The van der Waals surface area contributed by atoms with Crippen LogP contribution in [0.1, 0.15) is 23.7 Å². The van der Waals surface area contributed by atoms with Gasteiger partial charge in [-0.15, -0.1) is 0 Å². The molecule has 0 spiro atoms. The maximum Gasteiger partial charge on any atom is 0.258 e. The molecule has 2 aromatic rings. The summed E-state index contributed by atoms with van der Waals surface area (Å²) in [6, 6.07) is 12.8. The number of carbonyl (C=O) groups is 2. The first kappa shape index (κ1) is 22.8. The molecule has 1 aliphatic heterocycles. The maximum absolute atomic E-state index is 12.5. The van der Waals surface area contributed by atoms with E-state index in [9.17, 15) is 9.59 Å². The van der Waals surface area contributed by atoms with Gasteiger partial charge in [0.2, 0.25) is 5.91 Å². The smallest absolute Gasteiger partial charge is 0.258 e. The van der Waals surface area contributed by atoms with Crippen molar-refractivity contribution in [3.8, 4) is 0 Å². The van der Waals surface area contributed by atoms with Gasteiger partial charge in [-0.25, -0.2) is 0 Å². The number of anilines is 2. The summed E-state index contributed by atoms with van der Waals surface area (Å²) >= 11 is 13.7. The number of benzene rings is 2. The van der Waals surface area contributed by atoms with Gasteiger partial charge in [0.05, 0.1) is 16.9 Å². The maximum atomic E-state index is 12.5. The molecule has 1 heterocycles. The number of hydrogen-bond acceptors (Lipinski definition) is 4. The van der Waals surface area contributed by atoms with E-state index in [1.54, 1.807) is 12.1 Å². The molecule has 158 valence electrons. The molecule has 0 aromatic heterocycles. The molecule has 2 N–H and O–H groups in total. The number of carbonyl (C=O) groups excluding carboxylic acids is 2. The van der Waals surface area contributed by atoms with Gasteiger partial charge in [0, 0.05) is 41.2 Å². The Bertz CT molecular complexity index is 964. The van der Waals surface area contributed by atoms with Gasteiger partial charge < -0.3 is 15.1 Å². The summed E-state index contributed by atoms with van der Waals surface area (Å²) in [5, 5.41) is 6.59. The van der Waals surface area contributed by atoms with Gasteiger partial charge in [-0.1, -0.05) is 30.7 Å². The van der Waals surface area contributed by atoms with Crippen molar-refractivity contribution in [1.82, 2.24) is 10.2 Å². The Kier molecular flexibility index (Phi) is 7.90. The minimum atomic E-state index is -0.271. The van der Waals surface area contributed by atoms with E-state index in [1.807, 2.05) is 42.2 Å². The summed E-state index contributed by atoms with van der Waals surface area (Å²) in [5.74, 6) is -0.101. The molecule has 1 saturated heterocycles. The number of piperazine rings is 1. The molecule has 2 aromatic carbocycles. The number of thiocarbonyl (C=S) groups is 1. The van der Waals surface area contributed by atoms with Gasteiger partial charge in [0.25, 0.3) is 5.91 Å². The molecule has 0 aliphatic carbocycles. The van der Waals surface area contributed by atoms with Crippen molar-refractivity contribution in [3.05, 3.63) is 56.6 Å². The van der Waals surface area contributed by atoms with Crippen LogP contribution in [0.15, 0.2) is 42.5 Å². The molecule has 0 atom stereocenters. The van der Waals surface area contributed by atoms with E-state index in [1.165, 1.54) is 0 Å². The van der Waals surface area contributed by atoms with Gasteiger partial charge in [0.15, 0.2) is 5.11 Å². The van der Waals surface area contributed by atoms with Crippen molar-refractivity contribution in [3.63, 3.8) is 0 Å². The number of nitrogens with zero attached hydrogens (tertiary/aromatic N) is 2. The third-order valence-corrected chi connectivity index (χ3v) is 6.21. The molecule has 0 bridgehead atoms. The summed E-state index contributed by atoms with van der Waals surface area (Å²) in [6.07, 6.45) is 0.516. The first-order chi connectivity index (χ1) is 14.4. The third-order valence-electron chi connectivity index (χ3n) is 4.83. The molecule has 30 heavy (non-hydrogen) atoms. The van der Waals surface area contributed by atoms with Crippen molar-refractivity contribution in [2.45, 2.75) is 13.3 Å². The minimum absolute atomic E-state index is 0.170. The predicted octanol–water partition coefficient (Wildman–Crippen LogP) is 4.13. The summed E-state index contributed by atoms with van der Waals surface area (Å²) in [6.45, 7) is 4.64. The van der Waals surface area contributed by atoms with Crippen LogP contribution in [-0.4, -0.2) is 48.0 Å². The van der Waals surface area contributed by atoms with Crippen LogP contribution in [0.25, 0.3) is 0 Å². The predicted molar refractivity (Wildman–Crippen MR) is 133 cm³/mol. The zero-order chi connectivity index (χ0) is 21.7. The van der Waals surface area contributed by atoms with Crippen molar-refractivity contribution < 1.29 is 9.59 Å². The number of rotatable bonds is 4. The summed E-state index contributed by atoms with van der Waals surface area (Å²) < 4.78 is 0.846. The van der Waals surface area contributed by atoms with Gasteiger partial charge >= 0.3 is 0 Å². The van der Waals surface area contributed by atoms with E-state index in [4.69, 9.17) is 23.8 Å². The number of nitrogens with one attached hydrogen (secondary N) is 2. The zero-order valence-electron chi connectivity index (χ0n) is 16.5. The van der Waals surface area contributed by atoms with Crippen LogP contribution in [0, 0.1) is 3.57 Å². The normalized spacial score (nSPS) is 13.7. The van der Waals surface area contributed by atoms with Gasteiger partial charge in [0.1, 0.15) is 0 Å². The van der Waals surface area contributed by atoms with Gasteiger partial charge in [-0.2, -0.15) is 0 Å². The Morgan fingerprint density at radius 3 is 2.50 bits per heavy atom. The molecular weight excluding hydrogens is 535 g/mol. The topological polar surface area (TPSA) is 64.7 Å². The Hall–Kier alpha value is -1.91. The highest BCUT2D eigenvalue weighted by atomic mass is 127. The first-order valence-electron chi connectivity index (χ1n) is 9.58. The van der Waals surface area contributed by atoms with Crippen molar-refractivity contribution in [2.24, 2.45) is 0 Å². The van der Waals surface area contributed by atoms with Crippen LogP contribution in [-0.2, 0) is 4.79 Å². The molecule has 0 radical (unpaired) electrons. The average Bonchev–Trinajstić information content (AvgIpc) is 2.73. The van der Waals surface area contributed by atoms with Crippen LogP contribution < -0.4 is 15.5 Å². The van der Waals surface area contributed by atoms with Crippen LogP contribution in [0.5, 0.6) is 0 Å². The Balaban J connectivity index is 1.70. The van der Waals surface area contributed by atoms with E-state index >= 15 is 0 Å². The highest BCUT2D eigenvalue weighted by Gasteiger charge is 2.22. The second-order valence-corrected chi connectivity index (χ2v) is 8.78. The monoisotopic (exact) mass is 556 g/mol. The SMILES string of the molecule is CCC(=O)N1CCN(c2ccc(Cl)cc2NC(=S)NC(=O)c2ccccc2I)CC1. The van der Waals surface area contributed by atoms with Crippen molar-refractivity contribution in [1.29, 1.82) is 0 Å². The van der Waals surface area contributed by atoms with Crippen LogP contribution in [0.4, 0.5) is 11.4 Å². The standard InChI is InChI=1S/C21H22ClIN4O2S/c1-2-19(28)27-11-9-26(10-12-27)18-8-7-14(22)13-17(18)24-21(30)25-20(29)15-5-3-4-6-16(15)23/h3-8,13H,2,9-12H2,1H3,(H2,24,25,29,30). The Labute approximate surface area is 200 Å². The molecule has 0 unspecified atom stereocenters. The first-order valence-corrected chi connectivity index (χ1v) is 11.4. The summed E-state index contributed by atoms with van der Waals surface area (Å²) in [5.41, 5.74) is 2.20. The highest BCUT2D eigenvalue weighted by Crippen LogP contribution is 2.30. The van der Waals surface area contributed by atoms with Gasteiger partial charge in [-0.3, -0.25) is 14.9 Å². The molecule has 9 heteroatoms. The molecule has 3 rings (SSSR count). The molecule has 0 saturated carbocycles. The third kappa shape index (κ3) is 5.61. The molecule has 2 amide bonds. The lowest BCUT2D eigenvalue weighted by Crippen LogP contribution is -2.48. The molecule has 1 fully saturated rings. The van der Waals surface area contributed by atoms with E-state index in [0.717, 1.165) is 9.26 Å². The fraction of sp³-hybridized carbons (Fsp3) is 0.286. The minimum Gasteiger partial charge on any atom is -0.366 e. The average molecular weight is 557 g/mol. The second-order valence-electron chi connectivity index (χ2n) is 6.77. The van der Waals surface area contributed by atoms with Crippen LogP contribution >= 0.6 is 46.4 Å². The highest BCUT2D eigenvalue weighted by molar-refractivity contribution is 14.1. The number of amides is 2. The molecular formula is C21H22ClIN4O2S. The Morgan fingerprint density at radius 2 is 1.83 bits per heavy atom. The molecule has 6 nitrogen and oxygen atoms in total. The Morgan fingerprint density at radius 1 is 1.13 bits per heavy atom. The van der Waals surface area contributed by atoms with Crippen LogP contribution in [0.3, 0.4) is 0 Å².